The zero-order valence-electron chi connectivity index (χ0n) is 10.4. The van der Waals surface area contributed by atoms with E-state index in [2.05, 4.69) is 6.92 Å². The molecule has 4 heteroatoms. The Morgan fingerprint density at radius 2 is 1.93 bits per heavy atom. The molecule has 1 aliphatic heterocycles. The Kier molecular flexibility index (Phi) is 9.89. The summed E-state index contributed by atoms with van der Waals surface area (Å²) in [5, 5.41) is 9.70. The van der Waals surface area contributed by atoms with Gasteiger partial charge in [-0.2, -0.15) is 0 Å². The average Bonchev–Trinajstić information content (AvgIpc) is 2.22. The number of aliphatic hydroxyl groups is 1. The van der Waals surface area contributed by atoms with Gasteiger partial charge >= 0.3 is 0 Å². The predicted octanol–water partition coefficient (Wildman–Crippen LogP) is 1.62. The van der Waals surface area contributed by atoms with Crippen molar-refractivity contribution < 1.29 is 9.90 Å². The van der Waals surface area contributed by atoms with Crippen molar-refractivity contribution in [1.82, 2.24) is 4.90 Å². The Morgan fingerprint density at radius 1 is 1.40 bits per heavy atom. The zero-order chi connectivity index (χ0) is 11.1. The average molecular weight is 212 g/mol. The highest BCUT2D eigenvalue weighted by Crippen LogP contribution is 2.24. The fourth-order valence-electron chi connectivity index (χ4n) is 1.78. The van der Waals surface area contributed by atoms with Crippen LogP contribution in [-0.2, 0) is 4.79 Å². The van der Waals surface area contributed by atoms with E-state index in [0.29, 0.717) is 13.0 Å². The highest BCUT2D eigenvalue weighted by molar-refractivity contribution is 5.77. The molecule has 1 aliphatic rings. The van der Waals surface area contributed by atoms with Gasteiger partial charge in [-0.05, 0) is 19.8 Å². The molecular weight excluding hydrogens is 189 g/mol. The van der Waals surface area contributed by atoms with Gasteiger partial charge in [-0.3, -0.25) is 4.79 Å². The van der Waals surface area contributed by atoms with Crippen LogP contribution in [0.4, 0.5) is 0 Å². The van der Waals surface area contributed by atoms with Crippen molar-refractivity contribution in [1.29, 1.82) is 0 Å². The van der Waals surface area contributed by atoms with Gasteiger partial charge in [0.25, 0.3) is 0 Å². The summed E-state index contributed by atoms with van der Waals surface area (Å²) < 4.78 is 0. The lowest BCUT2D eigenvalue weighted by molar-refractivity contribution is -0.152. The molecule has 1 fully saturated rings. The minimum atomic E-state index is -0.541. The summed E-state index contributed by atoms with van der Waals surface area (Å²) in [6.45, 7) is 8.58. The van der Waals surface area contributed by atoms with Crippen LogP contribution in [0.25, 0.3) is 0 Å². The van der Waals surface area contributed by atoms with Gasteiger partial charge in [0.05, 0.1) is 0 Å². The molecule has 2 unspecified atom stereocenters. The van der Waals surface area contributed by atoms with Crippen LogP contribution < -0.4 is 0 Å². The van der Waals surface area contributed by atoms with Crippen LogP contribution in [0.1, 0.15) is 47.0 Å². The molecular formula is C11H23BNO2. The molecule has 0 aromatic heterocycles. The molecule has 1 rings (SSSR count). The second-order valence-electron chi connectivity index (χ2n) is 3.30. The molecule has 2 atom stereocenters. The van der Waals surface area contributed by atoms with Crippen molar-refractivity contribution in [2.24, 2.45) is 5.92 Å². The van der Waals surface area contributed by atoms with Crippen molar-refractivity contribution in [3.63, 3.8) is 0 Å². The number of amides is 1. The maximum Gasteiger partial charge on any atom is 0.224 e. The third-order valence-electron chi connectivity index (χ3n) is 2.66. The van der Waals surface area contributed by atoms with E-state index in [1.54, 1.807) is 4.90 Å². The lowest BCUT2D eigenvalue weighted by Crippen LogP contribution is -2.48. The Morgan fingerprint density at radius 3 is 2.33 bits per heavy atom. The van der Waals surface area contributed by atoms with E-state index in [9.17, 15) is 9.90 Å². The van der Waals surface area contributed by atoms with E-state index in [0.717, 1.165) is 12.8 Å². The predicted molar refractivity (Wildman–Crippen MR) is 63.5 cm³/mol. The normalized spacial score (nSPS) is 25.1. The number of nitrogens with zero attached hydrogens (tertiary/aromatic N) is 1. The molecule has 15 heavy (non-hydrogen) atoms. The van der Waals surface area contributed by atoms with Crippen molar-refractivity contribution in [2.45, 2.75) is 53.2 Å². The number of rotatable bonds is 2. The lowest BCUT2D eigenvalue weighted by Gasteiger charge is -2.36. The Balaban J connectivity index is 0. The van der Waals surface area contributed by atoms with Crippen LogP contribution in [-0.4, -0.2) is 37.1 Å². The topological polar surface area (TPSA) is 40.5 Å². The van der Waals surface area contributed by atoms with E-state index in [-0.39, 0.29) is 20.2 Å². The Hall–Kier alpha value is -0.505. The fraction of sp³-hybridized carbons (Fsp3) is 0.909. The smallest absolute Gasteiger partial charge is 0.224 e. The van der Waals surface area contributed by atoms with Crippen LogP contribution in [0.15, 0.2) is 0 Å². The van der Waals surface area contributed by atoms with E-state index >= 15 is 0 Å². The summed E-state index contributed by atoms with van der Waals surface area (Å²) in [7, 11) is 0. The first kappa shape index (κ1) is 16.9. The van der Waals surface area contributed by atoms with E-state index in [1.807, 2.05) is 20.8 Å². The van der Waals surface area contributed by atoms with Crippen molar-refractivity contribution in [3.05, 3.63) is 0 Å². The van der Waals surface area contributed by atoms with Gasteiger partial charge in [0, 0.05) is 27.3 Å². The van der Waals surface area contributed by atoms with Crippen molar-refractivity contribution >= 4 is 14.3 Å². The second kappa shape index (κ2) is 8.78. The zero-order valence-corrected chi connectivity index (χ0v) is 10.4. The number of aliphatic hydroxyl groups excluding tert-OH is 1. The quantitative estimate of drug-likeness (QED) is 0.706. The molecule has 1 N–H and O–H groups in total. The Labute approximate surface area is 95.4 Å². The van der Waals surface area contributed by atoms with E-state index in [4.69, 9.17) is 0 Å². The molecule has 87 valence electrons. The molecule has 3 nitrogen and oxygen atoms in total. The first-order valence-electron chi connectivity index (χ1n) is 5.68. The number of likely N-dealkylation sites (tertiary alicyclic amines) is 1. The van der Waals surface area contributed by atoms with Gasteiger partial charge in [0.1, 0.15) is 6.23 Å². The van der Waals surface area contributed by atoms with Crippen LogP contribution in [0.5, 0.6) is 0 Å². The third kappa shape index (κ3) is 4.25. The van der Waals surface area contributed by atoms with E-state index in [1.165, 1.54) is 0 Å². The van der Waals surface area contributed by atoms with Crippen LogP contribution in [0.3, 0.4) is 0 Å². The summed E-state index contributed by atoms with van der Waals surface area (Å²) in [5.74, 6) is 0.373. The second-order valence-corrected chi connectivity index (χ2v) is 3.30. The molecule has 1 amide bonds. The minimum absolute atomic E-state index is 0. The SMILES string of the molecule is CC.CCC1CCC(=O)N(CC)C1O.[B]. The molecule has 0 aromatic rings. The highest BCUT2D eigenvalue weighted by Gasteiger charge is 2.31. The number of hydrogen-bond acceptors (Lipinski definition) is 2. The molecule has 1 heterocycles. The van der Waals surface area contributed by atoms with Crippen LogP contribution in [0.2, 0.25) is 0 Å². The molecule has 0 aromatic carbocycles. The molecule has 3 radical (unpaired) electrons. The van der Waals surface area contributed by atoms with Crippen LogP contribution >= 0.6 is 0 Å². The maximum absolute atomic E-state index is 11.3. The molecule has 0 spiro atoms. The monoisotopic (exact) mass is 212 g/mol. The lowest BCUT2D eigenvalue weighted by atomic mass is 9.93. The summed E-state index contributed by atoms with van der Waals surface area (Å²) in [6.07, 6.45) is 1.85. The number of piperidine rings is 1. The summed E-state index contributed by atoms with van der Waals surface area (Å²) in [4.78, 5) is 12.8. The molecule has 1 saturated heterocycles. The Bertz CT molecular complexity index is 176. The van der Waals surface area contributed by atoms with Crippen LogP contribution in [0, 0.1) is 5.92 Å². The largest absolute Gasteiger partial charge is 0.373 e. The molecule has 0 aliphatic carbocycles. The summed E-state index contributed by atoms with van der Waals surface area (Å²) >= 11 is 0. The van der Waals surface area contributed by atoms with Gasteiger partial charge in [-0.25, -0.2) is 0 Å². The third-order valence-corrected chi connectivity index (χ3v) is 2.66. The standard InChI is InChI=1S/C9H17NO2.C2H6.B/c1-3-7-5-6-8(11)10(4-2)9(7)12;1-2;/h7,9,12H,3-6H2,1-2H3;1-2H3;. The summed E-state index contributed by atoms with van der Waals surface area (Å²) in [6, 6.07) is 0. The highest BCUT2D eigenvalue weighted by atomic mass is 16.3. The van der Waals surface area contributed by atoms with Crippen molar-refractivity contribution in [2.75, 3.05) is 6.54 Å². The number of carbonyl (C=O) groups is 1. The minimum Gasteiger partial charge on any atom is -0.373 e. The molecule has 0 saturated carbocycles. The van der Waals surface area contributed by atoms with Gasteiger partial charge in [-0.15, -0.1) is 0 Å². The number of carbonyl (C=O) groups excluding carboxylic acids is 1. The van der Waals surface area contributed by atoms with Gasteiger partial charge in [0.15, 0.2) is 0 Å². The maximum atomic E-state index is 11.3. The fourth-order valence-corrected chi connectivity index (χ4v) is 1.78. The van der Waals surface area contributed by atoms with E-state index < -0.39 is 6.23 Å². The van der Waals surface area contributed by atoms with Crippen molar-refractivity contribution in [3.8, 4) is 0 Å². The molecule has 0 bridgehead atoms. The van der Waals surface area contributed by atoms with Gasteiger partial charge < -0.3 is 10.0 Å². The first-order valence-corrected chi connectivity index (χ1v) is 5.68. The van der Waals surface area contributed by atoms with Gasteiger partial charge in [-0.1, -0.05) is 20.8 Å². The van der Waals surface area contributed by atoms with Gasteiger partial charge in [0.2, 0.25) is 5.91 Å². The number of hydrogen-bond donors (Lipinski definition) is 1. The first-order chi connectivity index (χ1) is 6.70. The summed E-state index contributed by atoms with van der Waals surface area (Å²) in [5.41, 5.74) is 0.